The van der Waals surface area contributed by atoms with Gasteiger partial charge in [0.25, 0.3) is 0 Å². The standard InChI is InChI=1S/C12H22N2O5S2/c1-2-3-4-5-10(15)14-9(12(18)19)7-21-20-6-8(13)11(16)17/h8-9H,2-7,13H2,1H3,(H,14,15)(H,16,17)(H,18,19)/t8-,9+/m0/s1. The highest BCUT2D eigenvalue weighted by Crippen LogP contribution is 2.22. The van der Waals surface area contributed by atoms with Gasteiger partial charge in [0.05, 0.1) is 0 Å². The molecule has 0 heterocycles. The second-order valence-corrected chi connectivity index (χ2v) is 6.98. The Labute approximate surface area is 131 Å². The first-order chi connectivity index (χ1) is 9.88. The van der Waals surface area contributed by atoms with Crippen LogP contribution in [0.2, 0.25) is 0 Å². The molecule has 21 heavy (non-hydrogen) atoms. The number of carbonyl (C=O) groups excluding carboxylic acids is 1. The monoisotopic (exact) mass is 338 g/mol. The first-order valence-electron chi connectivity index (χ1n) is 6.63. The summed E-state index contributed by atoms with van der Waals surface area (Å²) < 4.78 is 0. The van der Waals surface area contributed by atoms with Crippen LogP contribution in [0.3, 0.4) is 0 Å². The zero-order chi connectivity index (χ0) is 16.3. The Hall–Kier alpha value is -0.930. The second kappa shape index (κ2) is 11.7. The summed E-state index contributed by atoms with van der Waals surface area (Å²) in [7, 11) is 2.36. The molecule has 1 amide bonds. The van der Waals surface area contributed by atoms with Gasteiger partial charge in [-0.2, -0.15) is 0 Å². The van der Waals surface area contributed by atoms with Gasteiger partial charge in [-0.05, 0) is 6.42 Å². The summed E-state index contributed by atoms with van der Waals surface area (Å²) in [4.78, 5) is 33.1. The van der Waals surface area contributed by atoms with Crippen molar-refractivity contribution in [2.45, 2.75) is 44.7 Å². The van der Waals surface area contributed by atoms with Crippen molar-refractivity contribution in [2.75, 3.05) is 11.5 Å². The lowest BCUT2D eigenvalue weighted by molar-refractivity contribution is -0.141. The lowest BCUT2D eigenvalue weighted by Gasteiger charge is -2.14. The van der Waals surface area contributed by atoms with Gasteiger partial charge in [0.15, 0.2) is 0 Å². The van der Waals surface area contributed by atoms with Gasteiger partial charge >= 0.3 is 11.9 Å². The molecule has 5 N–H and O–H groups in total. The molecular weight excluding hydrogens is 316 g/mol. The van der Waals surface area contributed by atoms with E-state index in [1.807, 2.05) is 6.92 Å². The van der Waals surface area contributed by atoms with Crippen molar-refractivity contribution in [3.8, 4) is 0 Å². The minimum atomic E-state index is -1.10. The quantitative estimate of drug-likeness (QED) is 0.305. The van der Waals surface area contributed by atoms with Crippen molar-refractivity contribution >= 4 is 39.4 Å². The fourth-order valence-corrected chi connectivity index (χ4v) is 3.55. The molecule has 7 nitrogen and oxygen atoms in total. The van der Waals surface area contributed by atoms with Crippen molar-refractivity contribution in [3.05, 3.63) is 0 Å². The van der Waals surface area contributed by atoms with Gasteiger partial charge < -0.3 is 21.3 Å². The van der Waals surface area contributed by atoms with E-state index in [2.05, 4.69) is 5.32 Å². The zero-order valence-corrected chi connectivity index (χ0v) is 13.5. The molecule has 0 radical (unpaired) electrons. The molecule has 122 valence electrons. The molecular formula is C12H22N2O5S2. The van der Waals surface area contributed by atoms with E-state index in [1.165, 1.54) is 21.6 Å². The number of unbranched alkanes of at least 4 members (excludes halogenated alkanes) is 2. The highest BCUT2D eigenvalue weighted by molar-refractivity contribution is 8.76. The number of hydrogen-bond donors (Lipinski definition) is 4. The molecule has 0 saturated heterocycles. The molecule has 0 bridgehead atoms. The van der Waals surface area contributed by atoms with Gasteiger partial charge in [-0.3, -0.25) is 9.59 Å². The Morgan fingerprint density at radius 3 is 2.24 bits per heavy atom. The second-order valence-electron chi connectivity index (χ2n) is 4.43. The van der Waals surface area contributed by atoms with Crippen molar-refractivity contribution in [3.63, 3.8) is 0 Å². The highest BCUT2D eigenvalue weighted by Gasteiger charge is 2.20. The van der Waals surface area contributed by atoms with Crippen molar-refractivity contribution in [1.29, 1.82) is 0 Å². The van der Waals surface area contributed by atoms with Gasteiger partial charge in [-0.15, -0.1) is 0 Å². The molecule has 9 heteroatoms. The van der Waals surface area contributed by atoms with Crippen LogP contribution in [0.15, 0.2) is 0 Å². The van der Waals surface area contributed by atoms with Crippen LogP contribution in [-0.2, 0) is 14.4 Å². The van der Waals surface area contributed by atoms with Gasteiger partial charge in [0.2, 0.25) is 5.91 Å². The Morgan fingerprint density at radius 2 is 1.71 bits per heavy atom. The van der Waals surface area contributed by atoms with Crippen LogP contribution in [0.25, 0.3) is 0 Å². The number of carboxylic acids is 2. The highest BCUT2D eigenvalue weighted by atomic mass is 33.1. The van der Waals surface area contributed by atoms with Crippen LogP contribution in [0.5, 0.6) is 0 Å². The maximum Gasteiger partial charge on any atom is 0.327 e. The molecule has 0 saturated carbocycles. The fourth-order valence-electron chi connectivity index (χ4n) is 1.29. The third kappa shape index (κ3) is 10.4. The third-order valence-corrected chi connectivity index (χ3v) is 4.97. The van der Waals surface area contributed by atoms with E-state index in [9.17, 15) is 14.4 Å². The minimum absolute atomic E-state index is 0.159. The normalized spacial score (nSPS) is 13.4. The van der Waals surface area contributed by atoms with Crippen molar-refractivity contribution in [1.82, 2.24) is 5.32 Å². The van der Waals surface area contributed by atoms with Crippen LogP contribution in [0.4, 0.5) is 0 Å². The van der Waals surface area contributed by atoms with Crippen LogP contribution in [-0.4, -0.2) is 51.6 Å². The smallest absolute Gasteiger partial charge is 0.327 e. The number of carboxylic acid groups (broad SMARTS) is 2. The van der Waals surface area contributed by atoms with Gasteiger partial charge in [-0.25, -0.2) is 4.79 Å². The van der Waals surface area contributed by atoms with Crippen LogP contribution >= 0.6 is 21.6 Å². The number of nitrogens with one attached hydrogen (secondary N) is 1. The van der Waals surface area contributed by atoms with Gasteiger partial charge in [0, 0.05) is 17.9 Å². The average Bonchev–Trinajstić information content (AvgIpc) is 2.41. The molecule has 0 aliphatic heterocycles. The molecule has 0 aromatic heterocycles. The van der Waals surface area contributed by atoms with Crippen molar-refractivity contribution < 1.29 is 24.6 Å². The first-order valence-corrected chi connectivity index (χ1v) is 9.12. The summed E-state index contributed by atoms with van der Waals surface area (Å²) in [5.74, 6) is -2.14. The number of rotatable bonds is 12. The molecule has 0 aliphatic rings. The largest absolute Gasteiger partial charge is 0.480 e. The van der Waals surface area contributed by atoms with E-state index in [0.717, 1.165) is 19.3 Å². The summed E-state index contributed by atoms with van der Waals surface area (Å²) in [6.07, 6.45) is 2.98. The van der Waals surface area contributed by atoms with E-state index < -0.39 is 24.0 Å². The zero-order valence-electron chi connectivity index (χ0n) is 11.9. The number of nitrogens with two attached hydrogens (primary N) is 1. The molecule has 0 rings (SSSR count). The van der Waals surface area contributed by atoms with E-state index in [-0.39, 0.29) is 17.4 Å². The van der Waals surface area contributed by atoms with Crippen LogP contribution in [0, 0.1) is 0 Å². The molecule has 0 fully saturated rings. The number of amides is 1. The first kappa shape index (κ1) is 20.1. The predicted octanol–water partition coefficient (Wildman–Crippen LogP) is 0.929. The van der Waals surface area contributed by atoms with Crippen LogP contribution in [0.1, 0.15) is 32.6 Å². The van der Waals surface area contributed by atoms with E-state index >= 15 is 0 Å². The number of aliphatic carboxylic acids is 2. The molecule has 0 unspecified atom stereocenters. The lowest BCUT2D eigenvalue weighted by atomic mass is 10.2. The lowest BCUT2D eigenvalue weighted by Crippen LogP contribution is -2.42. The summed E-state index contributed by atoms with van der Waals surface area (Å²) in [5, 5.41) is 20.1. The number of hydrogen-bond acceptors (Lipinski definition) is 6. The molecule has 0 aliphatic carbocycles. The van der Waals surface area contributed by atoms with Gasteiger partial charge in [0.1, 0.15) is 12.1 Å². The molecule has 0 spiro atoms. The average molecular weight is 338 g/mol. The van der Waals surface area contributed by atoms with Crippen molar-refractivity contribution in [2.24, 2.45) is 5.73 Å². The molecule has 0 aromatic carbocycles. The molecule has 0 aromatic rings. The fraction of sp³-hybridized carbons (Fsp3) is 0.750. The summed E-state index contributed by atoms with van der Waals surface area (Å²) >= 11 is 0. The van der Waals surface area contributed by atoms with E-state index in [1.54, 1.807) is 0 Å². The minimum Gasteiger partial charge on any atom is -0.480 e. The Balaban J connectivity index is 4.00. The third-order valence-electron chi connectivity index (χ3n) is 2.52. The maximum absolute atomic E-state index is 11.6. The Bertz CT molecular complexity index is 355. The van der Waals surface area contributed by atoms with Crippen LogP contribution < -0.4 is 11.1 Å². The Kier molecular flexibility index (Phi) is 11.2. The summed E-state index contributed by atoms with van der Waals surface area (Å²) in [5.41, 5.74) is 5.32. The van der Waals surface area contributed by atoms with Gasteiger partial charge in [-0.1, -0.05) is 41.4 Å². The van der Waals surface area contributed by atoms with E-state index in [4.69, 9.17) is 15.9 Å². The van der Waals surface area contributed by atoms with E-state index in [0.29, 0.717) is 6.42 Å². The topological polar surface area (TPSA) is 130 Å². The Morgan fingerprint density at radius 1 is 1.10 bits per heavy atom. The SMILES string of the molecule is CCCCCC(=O)N[C@H](CSSC[C@H](N)C(=O)O)C(=O)O. The predicted molar refractivity (Wildman–Crippen MR) is 84.2 cm³/mol. The number of carbonyl (C=O) groups is 3. The molecule has 2 atom stereocenters. The summed E-state index contributed by atoms with van der Waals surface area (Å²) in [6, 6.07) is -1.95. The maximum atomic E-state index is 11.6. The summed E-state index contributed by atoms with van der Waals surface area (Å²) in [6.45, 7) is 2.02.